The van der Waals surface area contributed by atoms with E-state index in [-0.39, 0.29) is 17.3 Å². The van der Waals surface area contributed by atoms with Gasteiger partial charge in [-0.15, -0.1) is 0 Å². The molecular formula is C20H23F7N4O2. The molecule has 0 radical (unpaired) electrons. The molecule has 13 heteroatoms. The Bertz CT molecular complexity index is 997. The molecule has 0 aliphatic carbocycles. The molecule has 6 nitrogen and oxygen atoms in total. The lowest BCUT2D eigenvalue weighted by atomic mass is 9.99. The zero-order chi connectivity index (χ0) is 25.4. The molecule has 2 rings (SSSR count). The summed E-state index contributed by atoms with van der Waals surface area (Å²) in [6.07, 6.45) is -12.7. The van der Waals surface area contributed by atoms with Crippen LogP contribution in [0.3, 0.4) is 0 Å². The Morgan fingerprint density at radius 3 is 2.03 bits per heavy atom. The van der Waals surface area contributed by atoms with Crippen molar-refractivity contribution in [2.45, 2.75) is 64.7 Å². The van der Waals surface area contributed by atoms with Crippen molar-refractivity contribution in [3.8, 4) is 5.88 Å². The molecule has 0 saturated heterocycles. The van der Waals surface area contributed by atoms with Crippen LogP contribution in [0.25, 0.3) is 0 Å². The maximum atomic E-state index is 14.5. The predicted octanol–water partition coefficient (Wildman–Crippen LogP) is 5.54. The van der Waals surface area contributed by atoms with E-state index < -0.39 is 41.6 Å². The number of anilines is 1. The average molecular weight is 484 g/mol. The molecule has 0 atom stereocenters. The number of rotatable bonds is 7. The number of nitrogens with one attached hydrogen (secondary N) is 1. The average Bonchev–Trinajstić information content (AvgIpc) is 2.96. The first-order valence-corrected chi connectivity index (χ1v) is 9.90. The molecule has 2 aromatic rings. The van der Waals surface area contributed by atoms with Crippen LogP contribution in [0.2, 0.25) is 0 Å². The summed E-state index contributed by atoms with van der Waals surface area (Å²) in [5.74, 6) is -1.50. The van der Waals surface area contributed by atoms with E-state index in [9.17, 15) is 35.5 Å². The number of hydrogen-bond donors (Lipinski definition) is 1. The normalized spacial score (nSPS) is 12.9. The Labute approximate surface area is 185 Å². The number of carbonyl (C=O) groups excluding carboxylic acids is 1. The third kappa shape index (κ3) is 4.91. The molecule has 1 amide bonds. The van der Waals surface area contributed by atoms with E-state index >= 15 is 0 Å². The molecule has 0 fully saturated rings. The summed E-state index contributed by atoms with van der Waals surface area (Å²) in [5, 5.41) is 6.45. The molecular weight excluding hydrogens is 461 g/mol. The number of hydrogen-bond acceptors (Lipinski definition) is 4. The van der Waals surface area contributed by atoms with Crippen molar-refractivity contribution in [2.75, 3.05) is 5.32 Å². The molecule has 0 unspecified atom stereocenters. The topological polar surface area (TPSA) is 69.0 Å². The fraction of sp³-hybridized carbons (Fsp3) is 0.550. The van der Waals surface area contributed by atoms with Crippen molar-refractivity contribution in [2.24, 2.45) is 7.05 Å². The Morgan fingerprint density at radius 2 is 1.61 bits per heavy atom. The zero-order valence-corrected chi connectivity index (χ0v) is 18.5. The molecule has 0 aliphatic heterocycles. The zero-order valence-electron chi connectivity index (χ0n) is 18.5. The van der Waals surface area contributed by atoms with E-state index in [0.29, 0.717) is 30.3 Å². The molecule has 2 aromatic heterocycles. The monoisotopic (exact) mass is 484 g/mol. The second-order valence-electron chi connectivity index (χ2n) is 7.38. The molecule has 0 saturated carbocycles. The van der Waals surface area contributed by atoms with Gasteiger partial charge in [0, 0.05) is 12.7 Å². The van der Waals surface area contributed by atoms with Gasteiger partial charge in [-0.2, -0.15) is 31.4 Å². The van der Waals surface area contributed by atoms with Crippen molar-refractivity contribution in [3.63, 3.8) is 0 Å². The van der Waals surface area contributed by atoms with E-state index in [1.54, 1.807) is 34.7 Å². The van der Waals surface area contributed by atoms with Crippen LogP contribution >= 0.6 is 0 Å². The first-order valence-electron chi connectivity index (χ1n) is 9.90. The van der Waals surface area contributed by atoms with Gasteiger partial charge in [-0.05, 0) is 38.8 Å². The van der Waals surface area contributed by atoms with Gasteiger partial charge in [0.25, 0.3) is 5.91 Å². The Morgan fingerprint density at radius 1 is 1.06 bits per heavy atom. The molecule has 2 heterocycles. The summed E-state index contributed by atoms with van der Waals surface area (Å²) in [6.45, 7) is 6.49. The fourth-order valence-corrected chi connectivity index (χ4v) is 3.17. The van der Waals surface area contributed by atoms with Crippen LogP contribution < -0.4 is 10.1 Å². The molecule has 0 bridgehead atoms. The number of pyridine rings is 1. The minimum Gasteiger partial charge on any atom is -0.473 e. The number of nitrogens with zero attached hydrogens (tertiary/aromatic N) is 3. The maximum Gasteiger partial charge on any atom is 0.437 e. The van der Waals surface area contributed by atoms with E-state index in [4.69, 9.17) is 4.74 Å². The van der Waals surface area contributed by atoms with Gasteiger partial charge in [0.15, 0.2) is 0 Å². The second kappa shape index (κ2) is 9.18. The minimum absolute atomic E-state index is 0.153. The number of aryl methyl sites for hydroxylation is 2. The van der Waals surface area contributed by atoms with Gasteiger partial charge in [-0.1, -0.05) is 13.8 Å². The number of aromatic nitrogens is 3. The summed E-state index contributed by atoms with van der Waals surface area (Å²) < 4.78 is 100. The van der Waals surface area contributed by atoms with Gasteiger partial charge >= 0.3 is 18.0 Å². The van der Waals surface area contributed by atoms with E-state index in [1.807, 2.05) is 0 Å². The SMILES string of the molecule is CCC(CC)Oc1nc(C(F)(C(F)(F)F)C(F)(F)F)ccc1NC(=O)c1c(C)nn(C)c1C. The highest BCUT2D eigenvalue weighted by Crippen LogP contribution is 2.53. The molecule has 0 spiro atoms. The number of amides is 1. The minimum atomic E-state index is -6.33. The van der Waals surface area contributed by atoms with Crippen molar-refractivity contribution in [3.05, 3.63) is 34.8 Å². The Hall–Kier alpha value is -2.86. The highest BCUT2D eigenvalue weighted by molar-refractivity contribution is 6.06. The molecule has 33 heavy (non-hydrogen) atoms. The summed E-state index contributed by atoms with van der Waals surface area (Å²) in [5.41, 5.74) is -7.03. The Kier molecular flexibility index (Phi) is 7.34. The molecule has 184 valence electrons. The highest BCUT2D eigenvalue weighted by atomic mass is 19.4. The first-order chi connectivity index (χ1) is 15.1. The predicted molar refractivity (Wildman–Crippen MR) is 105 cm³/mol. The summed E-state index contributed by atoms with van der Waals surface area (Å²) in [4.78, 5) is 16.0. The number of halogens is 7. The van der Waals surface area contributed by atoms with E-state index in [2.05, 4.69) is 15.4 Å². The highest BCUT2D eigenvalue weighted by Gasteiger charge is 2.74. The second-order valence-corrected chi connectivity index (χ2v) is 7.38. The van der Waals surface area contributed by atoms with Crippen LogP contribution in [-0.4, -0.2) is 39.1 Å². The van der Waals surface area contributed by atoms with Crippen molar-refractivity contribution in [1.82, 2.24) is 14.8 Å². The van der Waals surface area contributed by atoms with Gasteiger partial charge in [0.2, 0.25) is 5.88 Å². The van der Waals surface area contributed by atoms with Crippen LogP contribution in [0.1, 0.15) is 54.1 Å². The van der Waals surface area contributed by atoms with E-state index in [1.165, 1.54) is 4.68 Å². The summed E-state index contributed by atoms with van der Waals surface area (Å²) >= 11 is 0. The lowest BCUT2D eigenvalue weighted by Gasteiger charge is -2.30. The van der Waals surface area contributed by atoms with Crippen LogP contribution in [0.5, 0.6) is 5.88 Å². The summed E-state index contributed by atoms with van der Waals surface area (Å²) in [6, 6.07) is 0.921. The fourth-order valence-electron chi connectivity index (χ4n) is 3.17. The van der Waals surface area contributed by atoms with Gasteiger partial charge in [-0.3, -0.25) is 9.48 Å². The third-order valence-corrected chi connectivity index (χ3v) is 5.17. The first kappa shape index (κ1) is 26.4. The Balaban J connectivity index is 2.61. The van der Waals surface area contributed by atoms with Gasteiger partial charge in [0.1, 0.15) is 17.5 Å². The van der Waals surface area contributed by atoms with Gasteiger partial charge in [0.05, 0.1) is 11.3 Å². The number of ether oxygens (including phenoxy) is 1. The maximum absolute atomic E-state index is 14.5. The van der Waals surface area contributed by atoms with Crippen LogP contribution in [0.4, 0.5) is 36.4 Å². The van der Waals surface area contributed by atoms with Crippen LogP contribution in [0.15, 0.2) is 12.1 Å². The number of carbonyl (C=O) groups is 1. The van der Waals surface area contributed by atoms with E-state index in [0.717, 1.165) is 0 Å². The summed E-state index contributed by atoms with van der Waals surface area (Å²) in [7, 11) is 1.59. The molecule has 0 aliphatic rings. The smallest absolute Gasteiger partial charge is 0.437 e. The lowest BCUT2D eigenvalue weighted by Crippen LogP contribution is -2.51. The van der Waals surface area contributed by atoms with Crippen molar-refractivity contribution >= 4 is 11.6 Å². The molecule has 0 aromatic carbocycles. The van der Waals surface area contributed by atoms with Crippen molar-refractivity contribution < 1.29 is 40.3 Å². The van der Waals surface area contributed by atoms with Gasteiger partial charge < -0.3 is 10.1 Å². The number of alkyl halides is 7. The van der Waals surface area contributed by atoms with Gasteiger partial charge in [-0.25, -0.2) is 9.37 Å². The van der Waals surface area contributed by atoms with Crippen LogP contribution in [0, 0.1) is 13.8 Å². The third-order valence-electron chi connectivity index (χ3n) is 5.17. The standard InChI is InChI=1S/C20H23F7N4O2/c1-6-12(7-2)33-17-13(28-16(32)15-10(3)30-31(5)11(15)4)8-9-14(29-17)18(21,19(22,23)24)20(25,26)27/h8-9,12H,6-7H2,1-5H3,(H,28,32). The van der Waals surface area contributed by atoms with Crippen molar-refractivity contribution in [1.29, 1.82) is 0 Å². The van der Waals surface area contributed by atoms with Crippen LogP contribution in [-0.2, 0) is 12.7 Å². The largest absolute Gasteiger partial charge is 0.473 e. The molecule has 1 N–H and O–H groups in total. The quantitative estimate of drug-likeness (QED) is 0.524. The lowest BCUT2D eigenvalue weighted by molar-refractivity contribution is -0.350.